The van der Waals surface area contributed by atoms with Gasteiger partial charge in [0.15, 0.2) is 0 Å². The van der Waals surface area contributed by atoms with Gasteiger partial charge in [-0.3, -0.25) is 0 Å². The number of anilines is 3. The van der Waals surface area contributed by atoms with Crippen LogP contribution in [0.2, 0.25) is 0 Å². The molecule has 0 unspecified atom stereocenters. The highest BCUT2D eigenvalue weighted by atomic mass is 19.1. The number of piperidine rings is 1. The first-order chi connectivity index (χ1) is 14.1. The van der Waals surface area contributed by atoms with E-state index in [-0.39, 0.29) is 11.8 Å². The summed E-state index contributed by atoms with van der Waals surface area (Å²) < 4.78 is 13.7. The van der Waals surface area contributed by atoms with Crippen LogP contribution in [0.25, 0.3) is 0 Å². The van der Waals surface area contributed by atoms with Gasteiger partial charge in [0.1, 0.15) is 11.6 Å². The molecule has 7 nitrogen and oxygen atoms in total. The fourth-order valence-corrected chi connectivity index (χ4v) is 3.84. The SMILES string of the molecule is Cc1c(F)cccc1NC(=O)N1CCN(c2ccnc(N3CCCCC3)n2)CC1. The number of urea groups is 1. The first-order valence-electron chi connectivity index (χ1n) is 10.3. The summed E-state index contributed by atoms with van der Waals surface area (Å²) in [6.45, 7) is 6.26. The summed E-state index contributed by atoms with van der Waals surface area (Å²) in [6, 6.07) is 6.44. The lowest BCUT2D eigenvalue weighted by atomic mass is 10.1. The fraction of sp³-hybridized carbons (Fsp3) is 0.476. The standard InChI is InChI=1S/C21H27FN6O/c1-16-17(22)6-5-7-18(16)24-21(29)28-14-12-26(13-15-28)19-8-9-23-20(25-19)27-10-3-2-4-11-27/h5-9H,2-4,10-15H2,1H3,(H,24,29). The Morgan fingerprint density at radius 3 is 2.52 bits per heavy atom. The van der Waals surface area contributed by atoms with E-state index in [1.54, 1.807) is 24.0 Å². The van der Waals surface area contributed by atoms with Gasteiger partial charge in [-0.05, 0) is 44.4 Å². The molecule has 2 aromatic rings. The van der Waals surface area contributed by atoms with E-state index in [9.17, 15) is 9.18 Å². The van der Waals surface area contributed by atoms with Crippen LogP contribution in [0.15, 0.2) is 30.5 Å². The van der Waals surface area contributed by atoms with Crippen molar-refractivity contribution in [1.29, 1.82) is 0 Å². The molecule has 1 aromatic heterocycles. The predicted molar refractivity (Wildman–Crippen MR) is 112 cm³/mol. The lowest BCUT2D eigenvalue weighted by Gasteiger charge is -2.36. The van der Waals surface area contributed by atoms with Gasteiger partial charge in [-0.1, -0.05) is 6.07 Å². The summed E-state index contributed by atoms with van der Waals surface area (Å²) in [5, 5.41) is 2.82. The number of aromatic nitrogens is 2. The zero-order valence-corrected chi connectivity index (χ0v) is 16.8. The first kappa shape index (κ1) is 19.4. The number of nitrogens with one attached hydrogen (secondary N) is 1. The molecule has 0 aliphatic carbocycles. The number of rotatable bonds is 3. The zero-order valence-electron chi connectivity index (χ0n) is 16.8. The van der Waals surface area contributed by atoms with Crippen molar-refractivity contribution in [2.24, 2.45) is 0 Å². The Bertz CT molecular complexity index is 862. The smallest absolute Gasteiger partial charge is 0.321 e. The second-order valence-electron chi connectivity index (χ2n) is 7.58. The largest absolute Gasteiger partial charge is 0.353 e. The highest BCUT2D eigenvalue weighted by Gasteiger charge is 2.23. The molecule has 0 spiro atoms. The van der Waals surface area contributed by atoms with Crippen molar-refractivity contribution < 1.29 is 9.18 Å². The molecule has 2 aliphatic rings. The van der Waals surface area contributed by atoms with Crippen LogP contribution in [-0.2, 0) is 0 Å². The van der Waals surface area contributed by atoms with E-state index in [0.717, 1.165) is 24.9 Å². The average molecular weight is 398 g/mol. The van der Waals surface area contributed by atoms with Crippen molar-refractivity contribution in [2.45, 2.75) is 26.2 Å². The molecule has 4 rings (SSSR count). The maximum atomic E-state index is 13.7. The third-order valence-corrected chi connectivity index (χ3v) is 5.67. The summed E-state index contributed by atoms with van der Waals surface area (Å²) in [7, 11) is 0. The number of benzene rings is 1. The number of hydrogen-bond acceptors (Lipinski definition) is 5. The van der Waals surface area contributed by atoms with Gasteiger partial charge in [-0.25, -0.2) is 14.2 Å². The number of nitrogens with zero attached hydrogens (tertiary/aromatic N) is 5. The molecule has 1 aromatic carbocycles. The van der Waals surface area contributed by atoms with Crippen LogP contribution in [0.1, 0.15) is 24.8 Å². The maximum absolute atomic E-state index is 13.7. The molecule has 0 radical (unpaired) electrons. The summed E-state index contributed by atoms with van der Waals surface area (Å²) in [4.78, 5) is 28.0. The molecule has 0 saturated carbocycles. The van der Waals surface area contributed by atoms with Gasteiger partial charge >= 0.3 is 6.03 Å². The summed E-state index contributed by atoms with van der Waals surface area (Å²) in [5.74, 6) is 1.38. The van der Waals surface area contributed by atoms with E-state index in [0.29, 0.717) is 37.4 Å². The molecule has 8 heteroatoms. The number of carbonyl (C=O) groups excluding carboxylic acids is 1. The lowest BCUT2D eigenvalue weighted by Crippen LogP contribution is -2.50. The molecular formula is C21H27FN6O. The maximum Gasteiger partial charge on any atom is 0.321 e. The molecule has 1 N–H and O–H groups in total. The van der Waals surface area contributed by atoms with E-state index in [1.165, 1.54) is 25.3 Å². The van der Waals surface area contributed by atoms with Crippen molar-refractivity contribution in [3.63, 3.8) is 0 Å². The zero-order chi connectivity index (χ0) is 20.2. The Balaban J connectivity index is 1.35. The van der Waals surface area contributed by atoms with Crippen LogP contribution < -0.4 is 15.1 Å². The Hall–Kier alpha value is -2.90. The number of carbonyl (C=O) groups is 1. The Morgan fingerprint density at radius 1 is 1.00 bits per heavy atom. The van der Waals surface area contributed by atoms with E-state index in [4.69, 9.17) is 4.98 Å². The third-order valence-electron chi connectivity index (χ3n) is 5.67. The monoisotopic (exact) mass is 398 g/mol. The van der Waals surface area contributed by atoms with Crippen LogP contribution in [0.4, 0.5) is 26.6 Å². The molecule has 2 saturated heterocycles. The molecular weight excluding hydrogens is 371 g/mol. The molecule has 154 valence electrons. The van der Waals surface area contributed by atoms with E-state index in [1.807, 2.05) is 12.3 Å². The number of amides is 2. The van der Waals surface area contributed by atoms with Crippen molar-refractivity contribution >= 4 is 23.5 Å². The highest BCUT2D eigenvalue weighted by molar-refractivity contribution is 5.90. The first-order valence-corrected chi connectivity index (χ1v) is 10.3. The third kappa shape index (κ3) is 4.41. The van der Waals surface area contributed by atoms with Gasteiger partial charge in [-0.2, -0.15) is 4.98 Å². The van der Waals surface area contributed by atoms with Crippen molar-refractivity contribution in [3.05, 3.63) is 41.8 Å². The summed E-state index contributed by atoms with van der Waals surface area (Å²) >= 11 is 0. The minimum absolute atomic E-state index is 0.199. The van der Waals surface area contributed by atoms with Gasteiger partial charge in [0.25, 0.3) is 0 Å². The minimum atomic E-state index is -0.319. The highest BCUT2D eigenvalue weighted by Crippen LogP contribution is 2.21. The molecule has 29 heavy (non-hydrogen) atoms. The number of halogens is 1. The molecule has 2 aliphatic heterocycles. The second-order valence-corrected chi connectivity index (χ2v) is 7.58. The predicted octanol–water partition coefficient (Wildman–Crippen LogP) is 3.27. The topological polar surface area (TPSA) is 64.6 Å². The van der Waals surface area contributed by atoms with Gasteiger partial charge in [0.05, 0.1) is 0 Å². The normalized spacial score (nSPS) is 17.4. The molecule has 2 fully saturated rings. The lowest BCUT2D eigenvalue weighted by molar-refractivity contribution is 0.208. The minimum Gasteiger partial charge on any atom is -0.353 e. The van der Waals surface area contributed by atoms with Crippen molar-refractivity contribution in [3.8, 4) is 0 Å². The second kappa shape index (κ2) is 8.63. The molecule has 3 heterocycles. The van der Waals surface area contributed by atoms with Crippen LogP contribution in [0, 0.1) is 12.7 Å². The van der Waals surface area contributed by atoms with Crippen molar-refractivity contribution in [2.75, 3.05) is 54.4 Å². The summed E-state index contributed by atoms with van der Waals surface area (Å²) in [6.07, 6.45) is 5.46. The van der Waals surface area contributed by atoms with Gasteiger partial charge in [-0.15, -0.1) is 0 Å². The molecule has 2 amide bonds. The van der Waals surface area contributed by atoms with Gasteiger partial charge < -0.3 is 20.0 Å². The fourth-order valence-electron chi connectivity index (χ4n) is 3.84. The van der Waals surface area contributed by atoms with Gasteiger partial charge in [0.2, 0.25) is 5.95 Å². The Morgan fingerprint density at radius 2 is 1.76 bits per heavy atom. The van der Waals surface area contributed by atoms with E-state index < -0.39 is 0 Å². The van der Waals surface area contributed by atoms with E-state index in [2.05, 4.69) is 20.1 Å². The Labute approximate surface area is 170 Å². The van der Waals surface area contributed by atoms with Gasteiger partial charge in [0, 0.05) is 56.7 Å². The molecule has 0 atom stereocenters. The van der Waals surface area contributed by atoms with Crippen molar-refractivity contribution in [1.82, 2.24) is 14.9 Å². The van der Waals surface area contributed by atoms with Crippen LogP contribution in [0.3, 0.4) is 0 Å². The summed E-state index contributed by atoms with van der Waals surface area (Å²) in [5.41, 5.74) is 0.963. The number of piperazine rings is 1. The van der Waals surface area contributed by atoms with Crippen LogP contribution in [-0.4, -0.2) is 60.2 Å². The van der Waals surface area contributed by atoms with Crippen LogP contribution >= 0.6 is 0 Å². The molecule has 0 bridgehead atoms. The Kier molecular flexibility index (Phi) is 5.78. The average Bonchev–Trinajstić information content (AvgIpc) is 2.78. The van der Waals surface area contributed by atoms with E-state index >= 15 is 0 Å². The quantitative estimate of drug-likeness (QED) is 0.860. The number of hydrogen-bond donors (Lipinski definition) is 1. The van der Waals surface area contributed by atoms with Crippen LogP contribution in [0.5, 0.6) is 0 Å².